The molecule has 2 aliphatic rings. The molecule has 0 N–H and O–H groups in total. The largest absolute Gasteiger partial charge is 0.491 e. The Kier molecular flexibility index (Phi) is 3.58. The summed E-state index contributed by atoms with van der Waals surface area (Å²) in [5.74, 6) is 0.641. The molecular weight excluding hydrogens is 256 g/mol. The van der Waals surface area contributed by atoms with Crippen molar-refractivity contribution in [1.82, 2.24) is 4.90 Å². The summed E-state index contributed by atoms with van der Waals surface area (Å²) in [6, 6.07) is 7.39. The van der Waals surface area contributed by atoms with Crippen molar-refractivity contribution in [1.29, 1.82) is 0 Å². The first-order valence-corrected chi connectivity index (χ1v) is 7.06. The Morgan fingerprint density at radius 2 is 1.95 bits per heavy atom. The molecule has 5 heteroatoms. The number of ether oxygens (including phenoxy) is 1. The zero-order valence-electron chi connectivity index (χ0n) is 11.4. The minimum atomic E-state index is -0.0532. The van der Waals surface area contributed by atoms with Gasteiger partial charge in [-0.3, -0.25) is 14.5 Å². The Morgan fingerprint density at radius 3 is 2.75 bits per heavy atom. The maximum absolute atomic E-state index is 12.3. The Bertz CT molecular complexity index is 524. The van der Waals surface area contributed by atoms with Crippen LogP contribution in [0.5, 0.6) is 5.75 Å². The molecular formula is C15H18N2O3. The molecule has 1 fully saturated rings. The fourth-order valence-electron chi connectivity index (χ4n) is 2.69. The summed E-state index contributed by atoms with van der Waals surface area (Å²) in [7, 11) is 0. The molecule has 0 spiro atoms. The number of amides is 2. The van der Waals surface area contributed by atoms with Crippen molar-refractivity contribution in [2.75, 3.05) is 31.1 Å². The Labute approximate surface area is 118 Å². The molecule has 1 aromatic carbocycles. The van der Waals surface area contributed by atoms with E-state index in [1.54, 1.807) is 4.90 Å². The summed E-state index contributed by atoms with van der Waals surface area (Å²) in [4.78, 5) is 27.9. The van der Waals surface area contributed by atoms with E-state index in [0.29, 0.717) is 24.5 Å². The Balaban J connectivity index is 1.82. The van der Waals surface area contributed by atoms with Crippen molar-refractivity contribution in [2.45, 2.75) is 19.3 Å². The molecule has 2 heterocycles. The van der Waals surface area contributed by atoms with E-state index in [0.717, 1.165) is 25.9 Å². The molecule has 0 saturated carbocycles. The summed E-state index contributed by atoms with van der Waals surface area (Å²) in [6.45, 7) is 2.08. The van der Waals surface area contributed by atoms with Gasteiger partial charge in [-0.25, -0.2) is 0 Å². The van der Waals surface area contributed by atoms with Crippen molar-refractivity contribution in [3.8, 4) is 5.75 Å². The molecule has 106 valence electrons. The number of nitrogens with zero attached hydrogens (tertiary/aromatic N) is 2. The highest BCUT2D eigenvalue weighted by Gasteiger charge is 2.27. The van der Waals surface area contributed by atoms with Crippen molar-refractivity contribution < 1.29 is 14.3 Å². The number of likely N-dealkylation sites (tertiary alicyclic amines) is 1. The molecule has 20 heavy (non-hydrogen) atoms. The van der Waals surface area contributed by atoms with Crippen molar-refractivity contribution in [3.63, 3.8) is 0 Å². The van der Waals surface area contributed by atoms with Gasteiger partial charge in [0, 0.05) is 13.1 Å². The molecule has 1 aromatic rings. The highest BCUT2D eigenvalue weighted by atomic mass is 16.5. The number of para-hydroxylation sites is 2. The fraction of sp³-hybridized carbons (Fsp3) is 0.467. The average Bonchev–Trinajstić information content (AvgIpc) is 2.94. The fourth-order valence-corrected chi connectivity index (χ4v) is 2.69. The lowest BCUT2D eigenvalue weighted by molar-refractivity contribution is -0.130. The minimum absolute atomic E-state index is 0.0209. The molecule has 3 rings (SSSR count). The Hall–Kier alpha value is -2.04. The third kappa shape index (κ3) is 2.48. The second-order valence-electron chi connectivity index (χ2n) is 5.13. The first kappa shape index (κ1) is 13.0. The zero-order chi connectivity index (χ0) is 13.9. The number of hydrogen-bond donors (Lipinski definition) is 0. The van der Waals surface area contributed by atoms with Crippen molar-refractivity contribution >= 4 is 17.5 Å². The van der Waals surface area contributed by atoms with E-state index in [1.165, 1.54) is 0 Å². The summed E-state index contributed by atoms with van der Waals surface area (Å²) in [5.41, 5.74) is 0.697. The lowest BCUT2D eigenvalue weighted by Crippen LogP contribution is -2.41. The van der Waals surface area contributed by atoms with Crippen LogP contribution in [0.1, 0.15) is 19.3 Å². The molecule has 2 aliphatic heterocycles. The first-order chi connectivity index (χ1) is 9.75. The van der Waals surface area contributed by atoms with E-state index in [2.05, 4.69) is 0 Å². The predicted molar refractivity (Wildman–Crippen MR) is 74.7 cm³/mol. The van der Waals surface area contributed by atoms with Crippen LogP contribution in [0.2, 0.25) is 0 Å². The molecule has 1 saturated heterocycles. The summed E-state index contributed by atoms with van der Waals surface area (Å²) in [6.07, 6.45) is 2.42. The van der Waals surface area contributed by atoms with E-state index >= 15 is 0 Å². The molecule has 5 nitrogen and oxygen atoms in total. The van der Waals surface area contributed by atoms with Gasteiger partial charge in [-0.15, -0.1) is 0 Å². The number of benzene rings is 1. The first-order valence-electron chi connectivity index (χ1n) is 7.06. The van der Waals surface area contributed by atoms with Crippen LogP contribution in [-0.4, -0.2) is 43.0 Å². The van der Waals surface area contributed by atoms with Crippen LogP contribution in [-0.2, 0) is 9.59 Å². The standard InChI is InChI=1S/C15H18N2O3/c18-14-7-10-20-13-6-2-1-5-12(13)17(14)11-15(19)16-8-3-4-9-16/h1-2,5-6H,3-4,7-11H2. The Morgan fingerprint density at radius 1 is 1.20 bits per heavy atom. The van der Waals surface area contributed by atoms with Gasteiger partial charge in [-0.1, -0.05) is 12.1 Å². The maximum atomic E-state index is 12.3. The van der Waals surface area contributed by atoms with Crippen molar-refractivity contribution in [3.05, 3.63) is 24.3 Å². The number of fused-ring (bicyclic) bond motifs is 1. The quantitative estimate of drug-likeness (QED) is 0.819. The smallest absolute Gasteiger partial charge is 0.242 e. The number of carbonyl (C=O) groups excluding carboxylic acids is 2. The minimum Gasteiger partial charge on any atom is -0.491 e. The molecule has 0 radical (unpaired) electrons. The number of hydrogen-bond acceptors (Lipinski definition) is 3. The van der Waals surface area contributed by atoms with Gasteiger partial charge in [-0.05, 0) is 25.0 Å². The maximum Gasteiger partial charge on any atom is 0.242 e. The van der Waals surface area contributed by atoms with E-state index in [9.17, 15) is 9.59 Å². The molecule has 0 atom stereocenters. The van der Waals surface area contributed by atoms with Gasteiger partial charge in [0.05, 0.1) is 18.7 Å². The predicted octanol–water partition coefficient (Wildman–Crippen LogP) is 1.42. The number of rotatable bonds is 2. The highest BCUT2D eigenvalue weighted by Crippen LogP contribution is 2.30. The summed E-state index contributed by atoms with van der Waals surface area (Å²) < 4.78 is 5.57. The monoisotopic (exact) mass is 274 g/mol. The van der Waals surface area contributed by atoms with Crippen LogP contribution in [0, 0.1) is 0 Å². The van der Waals surface area contributed by atoms with E-state index in [4.69, 9.17) is 4.74 Å². The molecule has 0 aromatic heterocycles. The van der Waals surface area contributed by atoms with Crippen LogP contribution in [0.3, 0.4) is 0 Å². The van der Waals surface area contributed by atoms with Gasteiger partial charge in [0.2, 0.25) is 11.8 Å². The van der Waals surface area contributed by atoms with E-state index < -0.39 is 0 Å². The van der Waals surface area contributed by atoms with Gasteiger partial charge >= 0.3 is 0 Å². The topological polar surface area (TPSA) is 49.9 Å². The third-order valence-corrected chi connectivity index (χ3v) is 3.78. The van der Waals surface area contributed by atoms with Crippen LogP contribution >= 0.6 is 0 Å². The van der Waals surface area contributed by atoms with E-state index in [1.807, 2.05) is 29.2 Å². The van der Waals surface area contributed by atoms with Crippen LogP contribution in [0.4, 0.5) is 5.69 Å². The van der Waals surface area contributed by atoms with E-state index in [-0.39, 0.29) is 18.4 Å². The van der Waals surface area contributed by atoms with Gasteiger partial charge in [0.1, 0.15) is 12.3 Å². The second-order valence-corrected chi connectivity index (χ2v) is 5.13. The number of carbonyl (C=O) groups is 2. The summed E-state index contributed by atoms with van der Waals surface area (Å²) in [5, 5.41) is 0. The highest BCUT2D eigenvalue weighted by molar-refractivity contribution is 6.00. The summed E-state index contributed by atoms with van der Waals surface area (Å²) >= 11 is 0. The zero-order valence-corrected chi connectivity index (χ0v) is 11.4. The van der Waals surface area contributed by atoms with Gasteiger partial charge in [-0.2, -0.15) is 0 Å². The lowest BCUT2D eigenvalue weighted by Gasteiger charge is -2.24. The van der Waals surface area contributed by atoms with Gasteiger partial charge < -0.3 is 9.64 Å². The third-order valence-electron chi connectivity index (χ3n) is 3.78. The van der Waals surface area contributed by atoms with Gasteiger partial charge in [0.15, 0.2) is 0 Å². The van der Waals surface area contributed by atoms with Crippen LogP contribution in [0.15, 0.2) is 24.3 Å². The lowest BCUT2D eigenvalue weighted by atomic mass is 10.2. The normalized spacial score (nSPS) is 18.5. The van der Waals surface area contributed by atoms with Crippen LogP contribution < -0.4 is 9.64 Å². The average molecular weight is 274 g/mol. The van der Waals surface area contributed by atoms with Crippen LogP contribution in [0.25, 0.3) is 0 Å². The second kappa shape index (κ2) is 5.53. The molecule has 2 amide bonds. The molecule has 0 unspecified atom stereocenters. The molecule has 0 bridgehead atoms. The van der Waals surface area contributed by atoms with Gasteiger partial charge in [0.25, 0.3) is 0 Å². The van der Waals surface area contributed by atoms with Crippen molar-refractivity contribution in [2.24, 2.45) is 0 Å². The number of anilines is 1. The SMILES string of the molecule is O=C(CN1C(=O)CCOc2ccccc21)N1CCCC1. The molecule has 0 aliphatic carbocycles.